The van der Waals surface area contributed by atoms with Gasteiger partial charge in [-0.1, -0.05) is 57.3 Å². The van der Waals surface area contributed by atoms with Gasteiger partial charge in [-0.05, 0) is 60.0 Å². The zero-order chi connectivity index (χ0) is 22.4. The molecule has 0 amide bonds. The van der Waals surface area contributed by atoms with E-state index in [2.05, 4.69) is 20.8 Å². The van der Waals surface area contributed by atoms with Gasteiger partial charge in [0.2, 0.25) is 5.78 Å². The third-order valence-electron chi connectivity index (χ3n) is 5.55. The minimum absolute atomic E-state index is 0.107. The Kier molecular flexibility index (Phi) is 5.76. The van der Waals surface area contributed by atoms with Crippen LogP contribution in [-0.2, 0) is 13.1 Å². The summed E-state index contributed by atoms with van der Waals surface area (Å²) in [4.78, 5) is 15.3. The van der Waals surface area contributed by atoms with Crippen LogP contribution in [0.5, 0.6) is 11.5 Å². The molecule has 0 aromatic heterocycles. The number of rotatable bonds is 3. The molecule has 2 heterocycles. The van der Waals surface area contributed by atoms with E-state index in [4.69, 9.17) is 32.7 Å². The molecule has 162 valence electrons. The number of carbonyl (C=O) groups excluding carboxylic acids is 1. The highest BCUT2D eigenvalue weighted by atomic mass is 79.9. The fraction of sp³-hybridized carbons (Fsp3) is 0.160. The van der Waals surface area contributed by atoms with Crippen molar-refractivity contribution in [2.75, 3.05) is 6.73 Å². The van der Waals surface area contributed by atoms with E-state index in [0.717, 1.165) is 32.5 Å². The van der Waals surface area contributed by atoms with E-state index >= 15 is 0 Å². The van der Waals surface area contributed by atoms with E-state index in [-0.39, 0.29) is 5.78 Å². The number of ketones is 1. The molecule has 0 atom stereocenters. The topological polar surface area (TPSA) is 38.8 Å². The van der Waals surface area contributed by atoms with Gasteiger partial charge in [0.15, 0.2) is 5.76 Å². The number of hydrogen-bond acceptors (Lipinski definition) is 4. The SMILES string of the molecule is Cc1cc2c(c3c1C(=O)/C(=C/c1ccc(Br)cc1)O3)CN(Cc1ccc(Cl)c(Cl)c1)CO2. The third kappa shape index (κ3) is 4.06. The highest BCUT2D eigenvalue weighted by Gasteiger charge is 2.35. The summed E-state index contributed by atoms with van der Waals surface area (Å²) in [5, 5.41) is 1.05. The average Bonchev–Trinajstić information content (AvgIpc) is 3.10. The largest absolute Gasteiger partial charge is 0.478 e. The number of fused-ring (bicyclic) bond motifs is 3. The Labute approximate surface area is 204 Å². The first-order chi connectivity index (χ1) is 15.4. The number of benzene rings is 3. The molecule has 0 aliphatic carbocycles. The second-order valence-electron chi connectivity index (χ2n) is 7.87. The second kappa shape index (κ2) is 8.56. The molecule has 2 aliphatic heterocycles. The molecule has 3 aromatic carbocycles. The third-order valence-corrected chi connectivity index (χ3v) is 6.81. The van der Waals surface area contributed by atoms with Gasteiger partial charge < -0.3 is 9.47 Å². The minimum Gasteiger partial charge on any atom is -0.478 e. The molecule has 0 spiro atoms. The van der Waals surface area contributed by atoms with Gasteiger partial charge in [0, 0.05) is 17.6 Å². The van der Waals surface area contributed by atoms with E-state index in [1.54, 1.807) is 12.1 Å². The lowest BCUT2D eigenvalue weighted by Crippen LogP contribution is -2.31. The highest BCUT2D eigenvalue weighted by molar-refractivity contribution is 9.10. The maximum Gasteiger partial charge on any atom is 0.232 e. The second-order valence-corrected chi connectivity index (χ2v) is 9.60. The molecule has 4 nitrogen and oxygen atoms in total. The molecular weight excluding hydrogens is 513 g/mol. The van der Waals surface area contributed by atoms with Crippen LogP contribution in [-0.4, -0.2) is 17.4 Å². The van der Waals surface area contributed by atoms with Crippen molar-refractivity contribution in [3.63, 3.8) is 0 Å². The molecule has 0 N–H and O–H groups in total. The summed E-state index contributed by atoms with van der Waals surface area (Å²) in [6.07, 6.45) is 1.78. The number of halogens is 3. The molecule has 0 unspecified atom stereocenters. The summed E-state index contributed by atoms with van der Waals surface area (Å²) >= 11 is 15.6. The number of nitrogens with zero attached hydrogens (tertiary/aromatic N) is 1. The van der Waals surface area contributed by atoms with Crippen LogP contribution in [0.2, 0.25) is 10.0 Å². The van der Waals surface area contributed by atoms with Gasteiger partial charge in [0.05, 0.1) is 21.2 Å². The quantitative estimate of drug-likeness (QED) is 0.341. The van der Waals surface area contributed by atoms with Gasteiger partial charge in [-0.25, -0.2) is 0 Å². The number of ether oxygens (including phenoxy) is 2. The fourth-order valence-corrected chi connectivity index (χ4v) is 4.57. The van der Waals surface area contributed by atoms with Gasteiger partial charge in [0.25, 0.3) is 0 Å². The van der Waals surface area contributed by atoms with Crippen molar-refractivity contribution in [3.05, 3.63) is 96.6 Å². The number of aryl methyl sites for hydroxylation is 1. The number of carbonyl (C=O) groups is 1. The Balaban J connectivity index is 1.45. The van der Waals surface area contributed by atoms with Crippen LogP contribution in [0, 0.1) is 6.92 Å². The summed E-state index contributed by atoms with van der Waals surface area (Å²) < 4.78 is 13.1. The van der Waals surface area contributed by atoms with Crippen LogP contribution < -0.4 is 9.47 Å². The molecule has 0 saturated heterocycles. The van der Waals surface area contributed by atoms with Gasteiger partial charge in [-0.3, -0.25) is 9.69 Å². The van der Waals surface area contributed by atoms with Crippen LogP contribution in [0.4, 0.5) is 0 Å². The molecule has 7 heteroatoms. The fourth-order valence-electron chi connectivity index (χ4n) is 3.98. The minimum atomic E-state index is -0.107. The molecular formula is C25H18BrCl2NO3. The number of Topliss-reactive ketones (excluding diaryl/α,β-unsaturated/α-hetero) is 1. The maximum absolute atomic E-state index is 13.1. The van der Waals surface area contributed by atoms with Crippen LogP contribution >= 0.6 is 39.1 Å². The standard InChI is InChI=1S/C25H18BrCl2NO3/c1-14-8-21-18(12-29(13-31-21)11-16-4-7-19(27)20(28)9-16)25-23(14)24(30)22(32-25)10-15-2-5-17(26)6-3-15/h2-10H,11-13H2,1H3/b22-10-. The predicted octanol–water partition coefficient (Wildman–Crippen LogP) is 7.03. The lowest BCUT2D eigenvalue weighted by atomic mass is 9.98. The summed E-state index contributed by atoms with van der Waals surface area (Å²) in [5.74, 6) is 1.56. The Bertz CT molecular complexity index is 1270. The molecule has 0 saturated carbocycles. The smallest absolute Gasteiger partial charge is 0.232 e. The summed E-state index contributed by atoms with van der Waals surface area (Å²) in [5.41, 5.74) is 4.26. The lowest BCUT2D eigenvalue weighted by Gasteiger charge is -2.30. The van der Waals surface area contributed by atoms with Crippen molar-refractivity contribution in [3.8, 4) is 11.5 Å². The Hall–Kier alpha value is -2.31. The predicted molar refractivity (Wildman–Crippen MR) is 129 cm³/mol. The molecule has 5 rings (SSSR count). The molecule has 3 aromatic rings. The zero-order valence-electron chi connectivity index (χ0n) is 17.1. The Morgan fingerprint density at radius 2 is 1.88 bits per heavy atom. The van der Waals surface area contributed by atoms with E-state index < -0.39 is 0 Å². The normalized spacial score (nSPS) is 16.5. The molecule has 0 fully saturated rings. The van der Waals surface area contributed by atoms with E-state index in [9.17, 15) is 4.79 Å². The maximum atomic E-state index is 13.1. The molecule has 0 bridgehead atoms. The van der Waals surface area contributed by atoms with Crippen LogP contribution in [0.3, 0.4) is 0 Å². The van der Waals surface area contributed by atoms with Gasteiger partial charge in [-0.2, -0.15) is 0 Å². The van der Waals surface area contributed by atoms with Crippen molar-refractivity contribution in [2.24, 2.45) is 0 Å². The first-order valence-corrected chi connectivity index (χ1v) is 11.6. The molecule has 0 radical (unpaired) electrons. The van der Waals surface area contributed by atoms with Crippen LogP contribution in [0.1, 0.15) is 32.6 Å². The monoisotopic (exact) mass is 529 g/mol. The van der Waals surface area contributed by atoms with E-state index in [0.29, 0.717) is 46.9 Å². The van der Waals surface area contributed by atoms with Crippen LogP contribution in [0.15, 0.2) is 58.8 Å². The van der Waals surface area contributed by atoms with Gasteiger partial charge >= 0.3 is 0 Å². The van der Waals surface area contributed by atoms with Crippen molar-refractivity contribution in [1.29, 1.82) is 0 Å². The van der Waals surface area contributed by atoms with Crippen molar-refractivity contribution < 1.29 is 14.3 Å². The number of allylic oxidation sites excluding steroid dienone is 1. The highest BCUT2D eigenvalue weighted by Crippen LogP contribution is 2.44. The van der Waals surface area contributed by atoms with Crippen molar-refractivity contribution >= 4 is 51.0 Å². The van der Waals surface area contributed by atoms with Gasteiger partial charge in [0.1, 0.15) is 18.2 Å². The number of hydrogen-bond donors (Lipinski definition) is 0. The lowest BCUT2D eigenvalue weighted by molar-refractivity contribution is 0.0872. The van der Waals surface area contributed by atoms with Crippen molar-refractivity contribution in [2.45, 2.75) is 20.0 Å². The first kappa shape index (κ1) is 21.5. The van der Waals surface area contributed by atoms with Gasteiger partial charge in [-0.15, -0.1) is 0 Å². The van der Waals surface area contributed by atoms with Crippen LogP contribution in [0.25, 0.3) is 6.08 Å². The van der Waals surface area contributed by atoms with E-state index in [1.165, 1.54) is 0 Å². The summed E-state index contributed by atoms with van der Waals surface area (Å²) in [7, 11) is 0. The molecule has 32 heavy (non-hydrogen) atoms. The van der Waals surface area contributed by atoms with E-state index in [1.807, 2.05) is 49.4 Å². The summed E-state index contributed by atoms with van der Waals surface area (Å²) in [6, 6.07) is 15.2. The average molecular weight is 531 g/mol. The summed E-state index contributed by atoms with van der Waals surface area (Å²) in [6.45, 7) is 3.57. The Morgan fingerprint density at radius 1 is 1.09 bits per heavy atom. The first-order valence-electron chi connectivity index (χ1n) is 10.0. The molecule has 2 aliphatic rings. The zero-order valence-corrected chi connectivity index (χ0v) is 20.2. The Morgan fingerprint density at radius 3 is 2.62 bits per heavy atom. The van der Waals surface area contributed by atoms with Crippen molar-refractivity contribution in [1.82, 2.24) is 4.90 Å².